The highest BCUT2D eigenvalue weighted by Gasteiger charge is 2.40. The molecule has 2 fully saturated rings. The maximum absolute atomic E-state index is 12.8. The number of amides is 1. The predicted molar refractivity (Wildman–Crippen MR) is 107 cm³/mol. The zero-order valence-corrected chi connectivity index (χ0v) is 17.1. The van der Waals surface area contributed by atoms with Gasteiger partial charge in [0.15, 0.2) is 0 Å². The number of rotatable bonds is 4. The fourth-order valence-corrected chi connectivity index (χ4v) is 4.94. The molecule has 2 saturated heterocycles. The van der Waals surface area contributed by atoms with E-state index < -0.39 is 0 Å². The number of carbonyl (C=O) groups is 1. The quantitative estimate of drug-likeness (QED) is 0.819. The second-order valence-electron chi connectivity index (χ2n) is 8.65. The van der Waals surface area contributed by atoms with Gasteiger partial charge in [0.1, 0.15) is 29.2 Å². The number of aryl methyl sites for hydroxylation is 1. The van der Waals surface area contributed by atoms with Crippen LogP contribution in [0.5, 0.6) is 0 Å². The number of nitrogens with one attached hydrogen (secondary N) is 2. The molecular formula is C21H29N5O3. The van der Waals surface area contributed by atoms with Crippen LogP contribution in [-0.2, 0) is 11.3 Å². The van der Waals surface area contributed by atoms with Crippen LogP contribution in [0.1, 0.15) is 53.5 Å². The van der Waals surface area contributed by atoms with Gasteiger partial charge in [0, 0.05) is 38.1 Å². The lowest BCUT2D eigenvalue weighted by Crippen LogP contribution is -2.55. The summed E-state index contributed by atoms with van der Waals surface area (Å²) in [5.41, 5.74) is 4.16. The molecule has 0 bridgehead atoms. The highest BCUT2D eigenvalue weighted by Crippen LogP contribution is 2.31. The SMILES string of the molecule is Cc1ccc(CN2CC(C)C(C3NC(=O)c4cnc(C5CCOCC5)n4N3)C2)o1. The van der Waals surface area contributed by atoms with Crippen LogP contribution in [0.25, 0.3) is 0 Å². The van der Waals surface area contributed by atoms with Crippen LogP contribution >= 0.6 is 0 Å². The molecular weight excluding hydrogens is 370 g/mol. The van der Waals surface area contributed by atoms with E-state index in [4.69, 9.17) is 9.15 Å². The van der Waals surface area contributed by atoms with Crippen molar-refractivity contribution < 1.29 is 13.9 Å². The highest BCUT2D eigenvalue weighted by molar-refractivity contribution is 5.93. The molecule has 2 N–H and O–H groups in total. The first-order valence-corrected chi connectivity index (χ1v) is 10.6. The summed E-state index contributed by atoms with van der Waals surface area (Å²) >= 11 is 0. The van der Waals surface area contributed by atoms with Gasteiger partial charge >= 0.3 is 0 Å². The molecule has 3 aliphatic rings. The third-order valence-electron chi connectivity index (χ3n) is 6.51. The second-order valence-corrected chi connectivity index (χ2v) is 8.65. The maximum Gasteiger partial charge on any atom is 0.273 e. The smallest absolute Gasteiger partial charge is 0.273 e. The topological polar surface area (TPSA) is 84.6 Å². The number of furan rings is 1. The van der Waals surface area contributed by atoms with Crippen LogP contribution < -0.4 is 10.7 Å². The standard InChI is InChI=1S/C21H29N5O3/c1-13-10-25(11-16-4-3-14(2)29-16)12-17(13)19-23-21(27)18-9-22-20(26(18)24-19)15-5-7-28-8-6-15/h3-4,9,13,15,17,19,24H,5-8,10-12H2,1-2H3,(H,23,27). The summed E-state index contributed by atoms with van der Waals surface area (Å²) in [6.45, 7) is 8.44. The molecule has 3 unspecified atom stereocenters. The van der Waals surface area contributed by atoms with E-state index >= 15 is 0 Å². The van der Waals surface area contributed by atoms with Crippen LogP contribution in [-0.4, -0.2) is 52.9 Å². The summed E-state index contributed by atoms with van der Waals surface area (Å²) in [7, 11) is 0. The van der Waals surface area contributed by atoms with Crippen molar-refractivity contribution >= 4 is 5.91 Å². The number of likely N-dealkylation sites (tertiary alicyclic amines) is 1. The van der Waals surface area contributed by atoms with E-state index in [2.05, 4.69) is 27.6 Å². The summed E-state index contributed by atoms with van der Waals surface area (Å²) in [5.74, 6) is 3.95. The van der Waals surface area contributed by atoms with E-state index in [1.54, 1.807) is 6.20 Å². The Kier molecular flexibility index (Phi) is 4.83. The van der Waals surface area contributed by atoms with Gasteiger partial charge in [-0.05, 0) is 37.8 Å². The molecule has 0 radical (unpaired) electrons. The Hall–Kier alpha value is -2.32. The fourth-order valence-electron chi connectivity index (χ4n) is 4.94. The van der Waals surface area contributed by atoms with Crippen LogP contribution in [0.2, 0.25) is 0 Å². The number of aromatic nitrogens is 2. The number of nitrogens with zero attached hydrogens (tertiary/aromatic N) is 3. The van der Waals surface area contributed by atoms with Crippen LogP contribution in [0.4, 0.5) is 0 Å². The zero-order valence-electron chi connectivity index (χ0n) is 17.1. The minimum atomic E-state index is -0.110. The molecule has 8 nitrogen and oxygen atoms in total. The number of carbonyl (C=O) groups excluding carboxylic acids is 1. The van der Waals surface area contributed by atoms with E-state index in [0.717, 1.165) is 63.0 Å². The Morgan fingerprint density at radius 1 is 1.24 bits per heavy atom. The van der Waals surface area contributed by atoms with Gasteiger partial charge in [-0.25, -0.2) is 9.66 Å². The number of hydrogen-bond donors (Lipinski definition) is 2. The fraction of sp³-hybridized carbons (Fsp3) is 0.619. The van der Waals surface area contributed by atoms with Crippen LogP contribution in [0, 0.1) is 18.8 Å². The van der Waals surface area contributed by atoms with Crippen molar-refractivity contribution in [2.75, 3.05) is 31.7 Å². The van der Waals surface area contributed by atoms with Crippen LogP contribution in [0.3, 0.4) is 0 Å². The van der Waals surface area contributed by atoms with Crippen molar-refractivity contribution in [3.63, 3.8) is 0 Å². The van der Waals surface area contributed by atoms with E-state index in [9.17, 15) is 4.79 Å². The molecule has 1 amide bonds. The summed E-state index contributed by atoms with van der Waals surface area (Å²) < 4.78 is 13.2. The van der Waals surface area contributed by atoms with E-state index in [1.165, 1.54) is 0 Å². The van der Waals surface area contributed by atoms with Crippen molar-refractivity contribution in [2.45, 2.75) is 45.3 Å². The Bertz CT molecular complexity index is 885. The number of fused-ring (bicyclic) bond motifs is 1. The lowest BCUT2D eigenvalue weighted by molar-refractivity contribution is 0.0818. The molecule has 0 aromatic carbocycles. The van der Waals surface area contributed by atoms with Gasteiger partial charge in [-0.1, -0.05) is 6.92 Å². The maximum atomic E-state index is 12.8. The van der Waals surface area contributed by atoms with E-state index in [1.807, 2.05) is 23.7 Å². The van der Waals surface area contributed by atoms with Gasteiger partial charge < -0.3 is 19.9 Å². The van der Waals surface area contributed by atoms with Crippen molar-refractivity contribution in [1.82, 2.24) is 19.9 Å². The molecule has 8 heteroatoms. The molecule has 3 atom stereocenters. The molecule has 0 spiro atoms. The van der Waals surface area contributed by atoms with Gasteiger partial charge in [0.2, 0.25) is 0 Å². The molecule has 5 heterocycles. The molecule has 2 aromatic rings. The van der Waals surface area contributed by atoms with Crippen molar-refractivity contribution in [3.05, 3.63) is 41.4 Å². The molecule has 3 aliphatic heterocycles. The summed E-state index contributed by atoms with van der Waals surface area (Å²) in [6, 6.07) is 4.06. The second kappa shape index (κ2) is 7.50. The third kappa shape index (κ3) is 3.55. The van der Waals surface area contributed by atoms with Crippen molar-refractivity contribution in [2.24, 2.45) is 11.8 Å². The Balaban J connectivity index is 1.31. The van der Waals surface area contributed by atoms with Gasteiger partial charge in [0.05, 0.1) is 12.7 Å². The third-order valence-corrected chi connectivity index (χ3v) is 6.51. The lowest BCUT2D eigenvalue weighted by atomic mass is 9.94. The molecule has 5 rings (SSSR count). The zero-order chi connectivity index (χ0) is 20.0. The highest BCUT2D eigenvalue weighted by atomic mass is 16.5. The Labute approximate surface area is 170 Å². The number of hydrogen-bond acceptors (Lipinski definition) is 6. The Morgan fingerprint density at radius 2 is 2.07 bits per heavy atom. The summed E-state index contributed by atoms with van der Waals surface area (Å²) in [5, 5.41) is 3.16. The van der Waals surface area contributed by atoms with E-state index in [0.29, 0.717) is 23.4 Å². The van der Waals surface area contributed by atoms with Crippen LogP contribution in [0.15, 0.2) is 22.7 Å². The molecule has 0 aliphatic carbocycles. The molecule has 2 aromatic heterocycles. The first-order chi connectivity index (χ1) is 14.1. The van der Waals surface area contributed by atoms with Gasteiger partial charge in [0.25, 0.3) is 5.91 Å². The van der Waals surface area contributed by atoms with Crippen molar-refractivity contribution in [3.8, 4) is 0 Å². The Morgan fingerprint density at radius 3 is 2.83 bits per heavy atom. The van der Waals surface area contributed by atoms with E-state index in [-0.39, 0.29) is 12.1 Å². The number of ether oxygens (including phenoxy) is 1. The van der Waals surface area contributed by atoms with Crippen molar-refractivity contribution in [1.29, 1.82) is 0 Å². The minimum absolute atomic E-state index is 0.0492. The summed E-state index contributed by atoms with van der Waals surface area (Å²) in [4.78, 5) is 19.8. The van der Waals surface area contributed by atoms with Gasteiger partial charge in [-0.3, -0.25) is 9.69 Å². The first kappa shape index (κ1) is 18.7. The largest absolute Gasteiger partial charge is 0.465 e. The number of imidazole rings is 1. The van der Waals surface area contributed by atoms with Gasteiger partial charge in [-0.15, -0.1) is 0 Å². The normalized spacial score (nSPS) is 28.2. The molecule has 29 heavy (non-hydrogen) atoms. The minimum Gasteiger partial charge on any atom is -0.465 e. The molecule has 0 saturated carbocycles. The average molecular weight is 399 g/mol. The van der Waals surface area contributed by atoms with Gasteiger partial charge in [-0.2, -0.15) is 0 Å². The molecule has 156 valence electrons. The average Bonchev–Trinajstić information content (AvgIpc) is 3.41. The summed E-state index contributed by atoms with van der Waals surface area (Å²) in [6.07, 6.45) is 3.47. The predicted octanol–water partition coefficient (Wildman–Crippen LogP) is 2.06. The lowest BCUT2D eigenvalue weighted by Gasteiger charge is -2.35. The first-order valence-electron chi connectivity index (χ1n) is 10.6. The monoisotopic (exact) mass is 399 g/mol.